The van der Waals surface area contributed by atoms with Gasteiger partial charge in [-0.2, -0.15) is 10.2 Å². The van der Waals surface area contributed by atoms with Crippen LogP contribution in [-0.2, 0) is 0 Å². The molecule has 0 aliphatic rings. The zero-order valence-electron chi connectivity index (χ0n) is 12.4. The van der Waals surface area contributed by atoms with Crippen LogP contribution in [0.25, 0.3) is 16.6 Å². The van der Waals surface area contributed by atoms with Crippen molar-refractivity contribution >= 4 is 10.9 Å². The van der Waals surface area contributed by atoms with Gasteiger partial charge in [-0.05, 0) is 32.4 Å². The number of nitrogens with zero attached hydrogens (tertiary/aromatic N) is 4. The molecule has 108 valence electrons. The number of benzene rings is 1. The Morgan fingerprint density at radius 3 is 2.62 bits per heavy atom. The molecule has 2 heterocycles. The molecule has 5 nitrogen and oxygen atoms in total. The minimum absolute atomic E-state index is 0.0692. The van der Waals surface area contributed by atoms with Crippen LogP contribution in [0.3, 0.4) is 0 Å². The van der Waals surface area contributed by atoms with Crippen molar-refractivity contribution in [2.75, 3.05) is 0 Å². The van der Waals surface area contributed by atoms with Gasteiger partial charge >= 0.3 is 0 Å². The third-order valence-corrected chi connectivity index (χ3v) is 3.84. The Morgan fingerprint density at radius 2 is 1.95 bits per heavy atom. The molecule has 0 aliphatic heterocycles. The zero-order valence-corrected chi connectivity index (χ0v) is 12.4. The van der Waals surface area contributed by atoms with Gasteiger partial charge in [-0.15, -0.1) is 0 Å². The molecule has 0 bridgehead atoms. The van der Waals surface area contributed by atoms with Gasteiger partial charge in [0.05, 0.1) is 23.6 Å². The van der Waals surface area contributed by atoms with Gasteiger partial charge in [0.15, 0.2) is 0 Å². The van der Waals surface area contributed by atoms with Crippen LogP contribution in [0.1, 0.15) is 32.0 Å². The third kappa shape index (κ3) is 2.14. The topological polar surface area (TPSA) is 52.7 Å². The van der Waals surface area contributed by atoms with Crippen molar-refractivity contribution in [3.05, 3.63) is 52.6 Å². The fourth-order valence-electron chi connectivity index (χ4n) is 2.43. The Bertz CT molecular complexity index is 833. The summed E-state index contributed by atoms with van der Waals surface area (Å²) in [5, 5.41) is 9.61. The van der Waals surface area contributed by atoms with Crippen LogP contribution in [0, 0.1) is 6.92 Å². The van der Waals surface area contributed by atoms with E-state index < -0.39 is 0 Å². The fourth-order valence-corrected chi connectivity index (χ4v) is 2.43. The highest BCUT2D eigenvalue weighted by Crippen LogP contribution is 2.18. The van der Waals surface area contributed by atoms with E-state index >= 15 is 0 Å². The molecule has 5 heteroatoms. The van der Waals surface area contributed by atoms with Crippen LogP contribution < -0.4 is 5.56 Å². The average Bonchev–Trinajstić information content (AvgIpc) is 2.96. The highest BCUT2D eigenvalue weighted by Gasteiger charge is 2.16. The number of para-hydroxylation sites is 1. The normalized spacial score (nSPS) is 12.7. The maximum absolute atomic E-state index is 12.8. The van der Waals surface area contributed by atoms with Crippen molar-refractivity contribution in [2.45, 2.75) is 33.2 Å². The Labute approximate surface area is 122 Å². The molecule has 0 spiro atoms. The Hall–Kier alpha value is -2.43. The van der Waals surface area contributed by atoms with Gasteiger partial charge < -0.3 is 0 Å². The molecule has 2 aromatic heterocycles. The van der Waals surface area contributed by atoms with Gasteiger partial charge in [0.25, 0.3) is 5.56 Å². The highest BCUT2D eigenvalue weighted by molar-refractivity contribution is 5.81. The molecule has 21 heavy (non-hydrogen) atoms. The number of rotatable bonds is 3. The van der Waals surface area contributed by atoms with Crippen molar-refractivity contribution < 1.29 is 0 Å². The van der Waals surface area contributed by atoms with E-state index in [0.29, 0.717) is 5.52 Å². The van der Waals surface area contributed by atoms with Crippen LogP contribution in [0.15, 0.2) is 41.3 Å². The van der Waals surface area contributed by atoms with Crippen molar-refractivity contribution in [1.82, 2.24) is 19.6 Å². The van der Waals surface area contributed by atoms with Crippen molar-refractivity contribution in [2.24, 2.45) is 0 Å². The van der Waals surface area contributed by atoms with E-state index in [1.807, 2.05) is 51.1 Å². The first-order valence-corrected chi connectivity index (χ1v) is 7.16. The summed E-state index contributed by atoms with van der Waals surface area (Å²) >= 11 is 0. The number of aryl methyl sites for hydroxylation is 1. The van der Waals surface area contributed by atoms with E-state index in [-0.39, 0.29) is 11.6 Å². The first-order chi connectivity index (χ1) is 10.1. The predicted octanol–water partition coefficient (Wildman–Crippen LogP) is 2.86. The number of fused-ring (bicyclic) bond motifs is 1. The lowest BCUT2D eigenvalue weighted by molar-refractivity contribution is 0.453. The minimum atomic E-state index is -0.0914. The molecule has 0 fully saturated rings. The summed E-state index contributed by atoms with van der Waals surface area (Å²) in [5.74, 6) is 0. The molecule has 0 N–H and O–H groups in total. The Morgan fingerprint density at radius 1 is 1.24 bits per heavy atom. The second-order valence-corrected chi connectivity index (χ2v) is 5.25. The van der Waals surface area contributed by atoms with Crippen LogP contribution in [0.5, 0.6) is 0 Å². The first-order valence-electron chi connectivity index (χ1n) is 7.16. The monoisotopic (exact) mass is 282 g/mol. The van der Waals surface area contributed by atoms with E-state index in [1.54, 1.807) is 15.6 Å². The summed E-state index contributed by atoms with van der Waals surface area (Å²) in [6.45, 7) is 5.97. The van der Waals surface area contributed by atoms with E-state index in [9.17, 15) is 4.79 Å². The van der Waals surface area contributed by atoms with Crippen molar-refractivity contribution in [3.63, 3.8) is 0 Å². The summed E-state index contributed by atoms with van der Waals surface area (Å²) in [7, 11) is 0. The molecule has 0 radical (unpaired) electrons. The molecule has 3 rings (SSSR count). The van der Waals surface area contributed by atoms with Crippen LogP contribution in [0.4, 0.5) is 0 Å². The van der Waals surface area contributed by atoms with Crippen LogP contribution in [-0.4, -0.2) is 19.6 Å². The SMILES string of the molecule is CCC(C)n1nc(C)c2cnn(-c3ccccc3)c2c1=O. The first kappa shape index (κ1) is 13.5. The molecular weight excluding hydrogens is 264 g/mol. The zero-order chi connectivity index (χ0) is 15.0. The lowest BCUT2D eigenvalue weighted by Gasteiger charge is -2.13. The van der Waals surface area contributed by atoms with E-state index in [0.717, 1.165) is 23.2 Å². The van der Waals surface area contributed by atoms with Gasteiger partial charge in [0, 0.05) is 5.39 Å². The Balaban J connectivity index is 2.35. The third-order valence-electron chi connectivity index (χ3n) is 3.84. The molecule has 1 aromatic carbocycles. The molecular formula is C16H18N4O. The van der Waals surface area contributed by atoms with Gasteiger partial charge in [-0.3, -0.25) is 4.79 Å². The van der Waals surface area contributed by atoms with Gasteiger partial charge in [-0.1, -0.05) is 25.1 Å². The summed E-state index contributed by atoms with van der Waals surface area (Å²) < 4.78 is 3.27. The fraction of sp³-hybridized carbons (Fsp3) is 0.312. The van der Waals surface area contributed by atoms with Crippen molar-refractivity contribution in [1.29, 1.82) is 0 Å². The summed E-state index contributed by atoms with van der Waals surface area (Å²) in [4.78, 5) is 12.8. The maximum Gasteiger partial charge on any atom is 0.293 e. The minimum Gasteiger partial charge on any atom is -0.265 e. The second kappa shape index (κ2) is 5.16. The number of hydrogen-bond donors (Lipinski definition) is 0. The smallest absolute Gasteiger partial charge is 0.265 e. The standard InChI is InChI=1S/C16H18N4O/c1-4-11(2)19-16(21)15-14(12(3)18-19)10-17-20(15)13-8-6-5-7-9-13/h5-11H,4H2,1-3H3. The quantitative estimate of drug-likeness (QED) is 0.742. The lowest BCUT2D eigenvalue weighted by Crippen LogP contribution is -2.28. The van der Waals surface area contributed by atoms with E-state index in [1.165, 1.54) is 0 Å². The average molecular weight is 282 g/mol. The largest absolute Gasteiger partial charge is 0.293 e. The van der Waals surface area contributed by atoms with Gasteiger partial charge in [-0.25, -0.2) is 9.36 Å². The summed E-state index contributed by atoms with van der Waals surface area (Å²) in [6, 6.07) is 9.76. The summed E-state index contributed by atoms with van der Waals surface area (Å²) in [5.41, 5.74) is 2.21. The van der Waals surface area contributed by atoms with Crippen LogP contribution >= 0.6 is 0 Å². The molecule has 0 saturated heterocycles. The molecule has 1 atom stereocenters. The lowest BCUT2D eigenvalue weighted by atomic mass is 10.2. The highest BCUT2D eigenvalue weighted by atomic mass is 16.1. The molecule has 0 aliphatic carbocycles. The maximum atomic E-state index is 12.8. The summed E-state index contributed by atoms with van der Waals surface area (Å²) in [6.07, 6.45) is 2.57. The molecule has 0 amide bonds. The van der Waals surface area contributed by atoms with E-state index in [4.69, 9.17) is 0 Å². The van der Waals surface area contributed by atoms with Gasteiger partial charge in [0.2, 0.25) is 0 Å². The van der Waals surface area contributed by atoms with E-state index in [2.05, 4.69) is 10.2 Å². The second-order valence-electron chi connectivity index (χ2n) is 5.25. The van der Waals surface area contributed by atoms with Crippen LogP contribution in [0.2, 0.25) is 0 Å². The number of hydrogen-bond acceptors (Lipinski definition) is 3. The van der Waals surface area contributed by atoms with Gasteiger partial charge in [0.1, 0.15) is 5.52 Å². The molecule has 3 aromatic rings. The van der Waals surface area contributed by atoms with Crippen molar-refractivity contribution in [3.8, 4) is 5.69 Å². The molecule has 0 saturated carbocycles. The molecule has 1 unspecified atom stereocenters. The number of aromatic nitrogens is 4. The Kier molecular flexibility index (Phi) is 3.33. The predicted molar refractivity (Wildman–Crippen MR) is 82.9 cm³/mol.